The lowest BCUT2D eigenvalue weighted by molar-refractivity contribution is 1.08. The Labute approximate surface area is 187 Å². The average molecular weight is 411 g/mol. The van der Waals surface area contributed by atoms with Crippen molar-refractivity contribution in [2.75, 3.05) is 5.01 Å². The van der Waals surface area contributed by atoms with Crippen LogP contribution in [0.3, 0.4) is 0 Å². The monoisotopic (exact) mass is 410 g/mol. The summed E-state index contributed by atoms with van der Waals surface area (Å²) >= 11 is 0. The summed E-state index contributed by atoms with van der Waals surface area (Å²) in [6, 6.07) is 40.5. The molecule has 0 aromatic heterocycles. The van der Waals surface area contributed by atoms with Gasteiger partial charge in [0.2, 0.25) is 0 Å². The number of nitrogens with zero attached hydrogens (tertiary/aromatic N) is 2. The molecule has 0 bridgehead atoms. The maximum atomic E-state index is 4.88. The molecule has 0 heterocycles. The molecule has 2 nitrogen and oxygen atoms in total. The van der Waals surface area contributed by atoms with Gasteiger partial charge in [-0.1, -0.05) is 91.0 Å². The lowest BCUT2D eigenvalue weighted by Crippen LogP contribution is -2.09. The average Bonchev–Trinajstić information content (AvgIpc) is 2.87. The third-order valence-corrected chi connectivity index (χ3v) is 6.13. The molecule has 0 aliphatic rings. The fourth-order valence-corrected chi connectivity index (χ4v) is 4.62. The van der Waals surface area contributed by atoms with Gasteiger partial charge in [0.05, 0.1) is 11.4 Å². The van der Waals surface area contributed by atoms with Gasteiger partial charge in [0.15, 0.2) is 0 Å². The first-order valence-corrected chi connectivity index (χ1v) is 11.0. The molecular weight excluding hydrogens is 388 g/mol. The van der Waals surface area contributed by atoms with Gasteiger partial charge < -0.3 is 0 Å². The number of hydrazone groups is 1. The molecule has 0 saturated heterocycles. The number of hydrogen-bond acceptors (Lipinski definition) is 2. The van der Waals surface area contributed by atoms with Crippen LogP contribution in [-0.2, 0) is 6.42 Å². The molecule has 0 aliphatic carbocycles. The van der Waals surface area contributed by atoms with Crippen molar-refractivity contribution < 1.29 is 0 Å². The standard InChI is InChI=1S/C30H22N2/c1-3-10-26(11-4-1)32(27-12-5-2-6-13-27)31-21-20-22-14-15-25-17-16-23-8-7-9-24-18-19-28(22)30(25)29(23)24/h1-19,21H,20H2. The Morgan fingerprint density at radius 1 is 0.531 bits per heavy atom. The number of anilines is 2. The molecule has 32 heavy (non-hydrogen) atoms. The van der Waals surface area contributed by atoms with Crippen LogP contribution in [-0.4, -0.2) is 6.21 Å². The molecule has 0 aliphatic heterocycles. The van der Waals surface area contributed by atoms with E-state index in [4.69, 9.17) is 5.10 Å². The number of rotatable bonds is 5. The first kappa shape index (κ1) is 18.6. The lowest BCUT2D eigenvalue weighted by Gasteiger charge is -2.19. The predicted molar refractivity (Wildman–Crippen MR) is 137 cm³/mol. The van der Waals surface area contributed by atoms with E-state index in [0.717, 1.165) is 17.8 Å². The summed E-state index contributed by atoms with van der Waals surface area (Å²) in [5.41, 5.74) is 3.39. The molecule has 0 saturated carbocycles. The molecular formula is C30H22N2. The lowest BCUT2D eigenvalue weighted by atomic mass is 9.91. The van der Waals surface area contributed by atoms with Gasteiger partial charge >= 0.3 is 0 Å². The quantitative estimate of drug-likeness (QED) is 0.160. The summed E-state index contributed by atoms with van der Waals surface area (Å²) < 4.78 is 0. The minimum Gasteiger partial charge on any atom is -0.234 e. The predicted octanol–water partition coefficient (Wildman–Crippen LogP) is 7.95. The zero-order valence-corrected chi connectivity index (χ0v) is 17.6. The van der Waals surface area contributed by atoms with Crippen LogP contribution in [0.2, 0.25) is 0 Å². The van der Waals surface area contributed by atoms with E-state index in [9.17, 15) is 0 Å². The van der Waals surface area contributed by atoms with Crippen LogP contribution in [0.5, 0.6) is 0 Å². The number of hydrogen-bond donors (Lipinski definition) is 0. The van der Waals surface area contributed by atoms with Crippen LogP contribution < -0.4 is 5.01 Å². The second-order valence-electron chi connectivity index (χ2n) is 8.07. The molecule has 6 aromatic rings. The summed E-state index contributed by atoms with van der Waals surface area (Å²) in [5.74, 6) is 0. The second kappa shape index (κ2) is 7.82. The minimum atomic E-state index is 0.768. The zero-order valence-electron chi connectivity index (χ0n) is 17.6. The van der Waals surface area contributed by atoms with E-state index in [1.165, 1.54) is 37.9 Å². The van der Waals surface area contributed by atoms with E-state index in [2.05, 4.69) is 78.9 Å². The van der Waals surface area contributed by atoms with Crippen molar-refractivity contribution in [2.24, 2.45) is 5.10 Å². The van der Waals surface area contributed by atoms with E-state index >= 15 is 0 Å². The highest BCUT2D eigenvalue weighted by Crippen LogP contribution is 2.36. The van der Waals surface area contributed by atoms with Gasteiger partial charge in [-0.15, -0.1) is 0 Å². The van der Waals surface area contributed by atoms with Gasteiger partial charge in [-0.05, 0) is 62.1 Å². The first-order chi connectivity index (χ1) is 15.9. The number of benzene rings is 6. The minimum absolute atomic E-state index is 0.768. The van der Waals surface area contributed by atoms with Crippen molar-refractivity contribution in [2.45, 2.75) is 6.42 Å². The Hall–Kier alpha value is -4.17. The topological polar surface area (TPSA) is 15.6 Å². The normalized spacial score (nSPS) is 11.8. The molecule has 0 N–H and O–H groups in total. The molecule has 2 heteroatoms. The molecule has 0 fully saturated rings. The van der Waals surface area contributed by atoms with Crippen molar-refractivity contribution in [1.82, 2.24) is 0 Å². The summed E-state index contributed by atoms with van der Waals surface area (Å²) in [4.78, 5) is 0. The van der Waals surface area contributed by atoms with E-state index in [1.54, 1.807) is 0 Å². The van der Waals surface area contributed by atoms with Crippen molar-refractivity contribution >= 4 is 49.9 Å². The largest absolute Gasteiger partial charge is 0.234 e. The van der Waals surface area contributed by atoms with Crippen LogP contribution in [0.4, 0.5) is 11.4 Å². The van der Waals surface area contributed by atoms with Gasteiger partial charge in [-0.3, -0.25) is 0 Å². The molecule has 0 amide bonds. The molecule has 152 valence electrons. The molecule has 0 radical (unpaired) electrons. The van der Waals surface area contributed by atoms with Crippen molar-refractivity contribution in [3.8, 4) is 0 Å². The van der Waals surface area contributed by atoms with Crippen LogP contribution in [0.15, 0.2) is 120 Å². The number of para-hydroxylation sites is 2. The summed E-state index contributed by atoms with van der Waals surface area (Å²) in [5, 5.41) is 14.8. The van der Waals surface area contributed by atoms with Gasteiger partial charge in [0, 0.05) is 12.6 Å². The van der Waals surface area contributed by atoms with Crippen molar-refractivity contribution in [1.29, 1.82) is 0 Å². The fourth-order valence-electron chi connectivity index (χ4n) is 4.62. The van der Waals surface area contributed by atoms with E-state index in [0.29, 0.717) is 0 Å². The Kier molecular flexibility index (Phi) is 4.54. The second-order valence-corrected chi connectivity index (χ2v) is 8.07. The summed E-state index contributed by atoms with van der Waals surface area (Å²) in [6.07, 6.45) is 2.79. The Bertz CT molecular complexity index is 1480. The van der Waals surface area contributed by atoms with Gasteiger partial charge in [0.1, 0.15) is 0 Å². The molecule has 0 spiro atoms. The summed E-state index contributed by atoms with van der Waals surface area (Å²) in [7, 11) is 0. The Balaban J connectivity index is 1.41. The highest BCUT2D eigenvalue weighted by molar-refractivity contribution is 6.23. The highest BCUT2D eigenvalue weighted by Gasteiger charge is 2.11. The molecule has 6 rings (SSSR count). The zero-order chi connectivity index (χ0) is 21.3. The Morgan fingerprint density at radius 2 is 1.09 bits per heavy atom. The third-order valence-electron chi connectivity index (χ3n) is 6.13. The van der Waals surface area contributed by atoms with Crippen molar-refractivity contribution in [3.05, 3.63) is 121 Å². The van der Waals surface area contributed by atoms with E-state index in [-0.39, 0.29) is 0 Å². The third kappa shape index (κ3) is 3.17. The van der Waals surface area contributed by atoms with Gasteiger partial charge in [-0.25, -0.2) is 5.01 Å². The molecule has 6 aromatic carbocycles. The van der Waals surface area contributed by atoms with E-state index < -0.39 is 0 Å². The maximum Gasteiger partial charge on any atom is 0.0652 e. The van der Waals surface area contributed by atoms with Crippen LogP contribution >= 0.6 is 0 Å². The van der Waals surface area contributed by atoms with Gasteiger partial charge in [0.25, 0.3) is 0 Å². The Morgan fingerprint density at radius 3 is 1.75 bits per heavy atom. The van der Waals surface area contributed by atoms with Crippen LogP contribution in [0.1, 0.15) is 5.56 Å². The summed E-state index contributed by atoms with van der Waals surface area (Å²) in [6.45, 7) is 0. The van der Waals surface area contributed by atoms with Crippen LogP contribution in [0.25, 0.3) is 32.3 Å². The van der Waals surface area contributed by atoms with Crippen molar-refractivity contribution in [3.63, 3.8) is 0 Å². The SMILES string of the molecule is C(Cc1ccc2ccc3cccc4ccc1c2c34)=NN(c1ccccc1)c1ccccc1. The molecule has 0 unspecified atom stereocenters. The molecule has 0 atom stereocenters. The first-order valence-electron chi connectivity index (χ1n) is 11.0. The smallest absolute Gasteiger partial charge is 0.0652 e. The maximum absolute atomic E-state index is 4.88. The highest BCUT2D eigenvalue weighted by atomic mass is 15.5. The van der Waals surface area contributed by atoms with Gasteiger partial charge in [-0.2, -0.15) is 5.10 Å². The van der Waals surface area contributed by atoms with E-state index in [1.807, 2.05) is 47.6 Å². The van der Waals surface area contributed by atoms with Crippen LogP contribution in [0, 0.1) is 0 Å². The fraction of sp³-hybridized carbons (Fsp3) is 0.0333.